The summed E-state index contributed by atoms with van der Waals surface area (Å²) >= 11 is 0. The average molecular weight is 640 g/mol. The molecule has 0 radical (unpaired) electrons. The largest absolute Gasteiger partial charge is 0.208 e. The van der Waals surface area contributed by atoms with Crippen molar-refractivity contribution in [3.05, 3.63) is 192 Å². The molecule has 0 spiro atoms. The van der Waals surface area contributed by atoms with Gasteiger partial charge < -0.3 is 0 Å². The summed E-state index contributed by atoms with van der Waals surface area (Å²) in [6, 6.07) is 55.6. The number of fused-ring (bicyclic) bond motifs is 4. The highest BCUT2D eigenvalue weighted by Gasteiger charge is 2.16. The molecule has 1 aliphatic rings. The zero-order valence-electron chi connectivity index (χ0n) is 27.5. The van der Waals surface area contributed by atoms with Gasteiger partial charge in [-0.1, -0.05) is 170 Å². The zero-order valence-corrected chi connectivity index (χ0v) is 27.5. The van der Waals surface area contributed by atoms with Gasteiger partial charge in [-0.15, -0.1) is 0 Å². The van der Waals surface area contributed by atoms with Gasteiger partial charge in [0.25, 0.3) is 0 Å². The van der Waals surface area contributed by atoms with Crippen LogP contribution in [-0.2, 0) is 6.42 Å². The van der Waals surface area contributed by atoms with Gasteiger partial charge in [-0.05, 0) is 73.8 Å². The molecular weight excluding hydrogens is 607 g/mol. The fourth-order valence-electron chi connectivity index (χ4n) is 7.15. The predicted molar refractivity (Wildman–Crippen MR) is 208 cm³/mol. The molecule has 1 heterocycles. The molecule has 3 heteroatoms. The molecule has 0 amide bonds. The first kappa shape index (κ1) is 29.7. The van der Waals surface area contributed by atoms with Gasteiger partial charge >= 0.3 is 0 Å². The molecule has 9 rings (SSSR count). The summed E-state index contributed by atoms with van der Waals surface area (Å²) in [7, 11) is 0. The van der Waals surface area contributed by atoms with Crippen LogP contribution in [0.15, 0.2) is 164 Å². The van der Waals surface area contributed by atoms with E-state index in [2.05, 4.69) is 115 Å². The maximum atomic E-state index is 4.96. The second-order valence-corrected chi connectivity index (χ2v) is 12.8. The Kier molecular flexibility index (Phi) is 7.64. The van der Waals surface area contributed by atoms with Crippen molar-refractivity contribution in [1.82, 2.24) is 15.0 Å². The molecule has 0 fully saturated rings. The average Bonchev–Trinajstić information content (AvgIpc) is 3.41. The van der Waals surface area contributed by atoms with Gasteiger partial charge in [0.1, 0.15) is 0 Å². The lowest BCUT2D eigenvalue weighted by atomic mass is 9.89. The van der Waals surface area contributed by atoms with Crippen molar-refractivity contribution < 1.29 is 0 Å². The van der Waals surface area contributed by atoms with Gasteiger partial charge in [0, 0.05) is 16.7 Å². The van der Waals surface area contributed by atoms with Crippen LogP contribution in [0, 0.1) is 0 Å². The van der Waals surface area contributed by atoms with E-state index in [9.17, 15) is 0 Å². The number of rotatable bonds is 6. The summed E-state index contributed by atoms with van der Waals surface area (Å²) in [4.78, 5) is 14.8. The van der Waals surface area contributed by atoms with Crippen LogP contribution in [0.5, 0.6) is 0 Å². The Balaban J connectivity index is 1.09. The smallest absolute Gasteiger partial charge is 0.164 e. The molecule has 0 saturated carbocycles. The highest BCUT2D eigenvalue weighted by atomic mass is 15.0. The Bertz CT molecular complexity index is 2530. The summed E-state index contributed by atoms with van der Waals surface area (Å²) in [5.41, 5.74) is 10.5. The van der Waals surface area contributed by atoms with Crippen LogP contribution in [0.1, 0.15) is 34.2 Å². The quantitative estimate of drug-likeness (QED) is 0.170. The molecule has 236 valence electrons. The van der Waals surface area contributed by atoms with E-state index in [1.165, 1.54) is 49.4 Å². The minimum absolute atomic E-state index is 0.662. The Morgan fingerprint density at radius 1 is 0.460 bits per heavy atom. The normalized spacial score (nSPS) is 12.4. The predicted octanol–water partition coefficient (Wildman–Crippen LogP) is 11.7. The third-order valence-electron chi connectivity index (χ3n) is 9.61. The van der Waals surface area contributed by atoms with E-state index < -0.39 is 0 Å². The van der Waals surface area contributed by atoms with E-state index in [0.29, 0.717) is 17.5 Å². The van der Waals surface area contributed by atoms with Crippen molar-refractivity contribution in [2.45, 2.75) is 12.8 Å². The Morgan fingerprint density at radius 2 is 1.08 bits per heavy atom. The lowest BCUT2D eigenvalue weighted by Gasteiger charge is -2.15. The minimum Gasteiger partial charge on any atom is -0.208 e. The van der Waals surface area contributed by atoms with E-state index >= 15 is 0 Å². The van der Waals surface area contributed by atoms with Gasteiger partial charge in [0.05, 0.1) is 0 Å². The van der Waals surface area contributed by atoms with Crippen molar-refractivity contribution in [2.75, 3.05) is 0 Å². The Morgan fingerprint density at radius 3 is 1.86 bits per heavy atom. The summed E-state index contributed by atoms with van der Waals surface area (Å²) in [6.07, 6.45) is 8.58. The second-order valence-electron chi connectivity index (χ2n) is 12.8. The second kappa shape index (κ2) is 12.9. The van der Waals surface area contributed by atoms with Gasteiger partial charge in [0.2, 0.25) is 0 Å². The molecule has 0 unspecified atom stereocenters. The van der Waals surface area contributed by atoms with Crippen LogP contribution >= 0.6 is 0 Å². The summed E-state index contributed by atoms with van der Waals surface area (Å²) in [6.45, 7) is 0. The number of benzene rings is 7. The number of hydrogen-bond donors (Lipinski definition) is 0. The molecule has 0 aliphatic heterocycles. The van der Waals surface area contributed by atoms with E-state index in [1.54, 1.807) is 0 Å². The van der Waals surface area contributed by atoms with Crippen molar-refractivity contribution in [2.24, 2.45) is 0 Å². The summed E-state index contributed by atoms with van der Waals surface area (Å²) in [5, 5.41) is 5.21. The minimum atomic E-state index is 0.662. The van der Waals surface area contributed by atoms with Gasteiger partial charge in [-0.25, -0.2) is 15.0 Å². The lowest BCUT2D eigenvalue weighted by molar-refractivity contribution is 1.07. The Labute approximate surface area is 292 Å². The van der Waals surface area contributed by atoms with Crippen LogP contribution in [0.4, 0.5) is 0 Å². The van der Waals surface area contributed by atoms with E-state index in [4.69, 9.17) is 15.0 Å². The number of nitrogens with zero attached hydrogens (tertiary/aromatic N) is 3. The van der Waals surface area contributed by atoms with Gasteiger partial charge in [0.15, 0.2) is 17.5 Å². The molecule has 1 aromatic heterocycles. The first-order valence-electron chi connectivity index (χ1n) is 17.1. The van der Waals surface area contributed by atoms with Crippen molar-refractivity contribution in [1.29, 1.82) is 0 Å². The van der Waals surface area contributed by atoms with E-state index in [-0.39, 0.29) is 0 Å². The first-order chi connectivity index (χ1) is 24.8. The molecule has 0 atom stereocenters. The van der Waals surface area contributed by atoms with Gasteiger partial charge in [-0.2, -0.15) is 0 Å². The van der Waals surface area contributed by atoms with Crippen molar-refractivity contribution in [3.8, 4) is 34.2 Å². The summed E-state index contributed by atoms with van der Waals surface area (Å²) in [5.74, 6) is 1.99. The fraction of sp³-hybridized carbons (Fsp3) is 0.0426. The van der Waals surface area contributed by atoms with E-state index in [0.717, 1.165) is 35.1 Å². The van der Waals surface area contributed by atoms with Crippen molar-refractivity contribution in [3.63, 3.8) is 0 Å². The molecule has 8 aromatic rings. The molecule has 7 aromatic carbocycles. The zero-order chi connectivity index (χ0) is 33.3. The molecule has 0 bridgehead atoms. The molecule has 1 aliphatic carbocycles. The highest BCUT2D eigenvalue weighted by Crippen LogP contribution is 2.35. The van der Waals surface area contributed by atoms with Crippen LogP contribution in [0.2, 0.25) is 0 Å². The third-order valence-corrected chi connectivity index (χ3v) is 9.61. The summed E-state index contributed by atoms with van der Waals surface area (Å²) < 4.78 is 0. The topological polar surface area (TPSA) is 38.7 Å². The third kappa shape index (κ3) is 5.69. The first-order valence-corrected chi connectivity index (χ1v) is 17.1. The Hall–Kier alpha value is -6.45. The fourth-order valence-corrected chi connectivity index (χ4v) is 7.15. The number of hydrogen-bond acceptors (Lipinski definition) is 3. The SMILES string of the molecule is C1=Cc2cc(-c3nc(-c4ccccc4)nc(-c4ccccc4)n3)ccc2C=C(c2ccccc2Cc2cccc3ccc4ccccc4c23)C1. The standard InChI is InChI=1S/C47H33N3/c1-3-14-34(15-4-1)45-48-46(35-16-5-2-6-17-35)50-47(49-45)41-28-27-37-29-39(21-12-20-36(37)30-41)42-23-9-8-18-38(42)31-40-22-11-19-33-26-25-32-13-7-10-24-43(32)44(33)40/h1-20,22-30H,21,31H2. The van der Waals surface area contributed by atoms with Crippen molar-refractivity contribution >= 4 is 39.3 Å². The highest BCUT2D eigenvalue weighted by molar-refractivity contribution is 6.09. The van der Waals surface area contributed by atoms with Crippen LogP contribution in [-0.4, -0.2) is 15.0 Å². The van der Waals surface area contributed by atoms with Crippen LogP contribution in [0.3, 0.4) is 0 Å². The monoisotopic (exact) mass is 639 g/mol. The maximum Gasteiger partial charge on any atom is 0.164 e. The molecular formula is C47H33N3. The lowest BCUT2D eigenvalue weighted by Crippen LogP contribution is -2.00. The van der Waals surface area contributed by atoms with Crippen LogP contribution in [0.25, 0.3) is 73.4 Å². The molecule has 0 saturated heterocycles. The molecule has 50 heavy (non-hydrogen) atoms. The maximum absolute atomic E-state index is 4.96. The molecule has 0 N–H and O–H groups in total. The van der Waals surface area contributed by atoms with Crippen LogP contribution < -0.4 is 0 Å². The molecule has 3 nitrogen and oxygen atoms in total. The van der Waals surface area contributed by atoms with Gasteiger partial charge in [-0.3, -0.25) is 0 Å². The number of allylic oxidation sites excluding steroid dienone is 2. The van der Waals surface area contributed by atoms with E-state index in [1.807, 2.05) is 60.7 Å². The number of aromatic nitrogens is 3.